The average Bonchev–Trinajstić information content (AvgIpc) is 2.66. The highest BCUT2D eigenvalue weighted by Crippen LogP contribution is 2.48. The van der Waals surface area contributed by atoms with Crippen molar-refractivity contribution >= 4 is 0 Å². The van der Waals surface area contributed by atoms with E-state index in [1.807, 2.05) is 12.1 Å². The number of nitrogens with two attached hydrogens (primary N) is 1. The summed E-state index contributed by atoms with van der Waals surface area (Å²) >= 11 is 0. The molecular weight excluding hydrogens is 218 g/mol. The molecule has 0 radical (unpaired) electrons. The quantitative estimate of drug-likeness (QED) is 0.834. The second kappa shape index (κ2) is 4.94. The van der Waals surface area contributed by atoms with Crippen molar-refractivity contribution in [2.24, 2.45) is 5.73 Å². The third-order valence-electron chi connectivity index (χ3n) is 3.39. The molecule has 0 spiro atoms. The topological polar surface area (TPSA) is 64.7 Å². The van der Waals surface area contributed by atoms with E-state index in [1.54, 1.807) is 14.2 Å². The summed E-state index contributed by atoms with van der Waals surface area (Å²) in [7, 11) is 3.25. The molecule has 4 nitrogen and oxygen atoms in total. The van der Waals surface area contributed by atoms with Gasteiger partial charge in [0.1, 0.15) is 11.5 Å². The molecule has 0 amide bonds. The van der Waals surface area contributed by atoms with Crippen molar-refractivity contribution in [2.75, 3.05) is 20.8 Å². The van der Waals surface area contributed by atoms with Crippen molar-refractivity contribution in [1.29, 1.82) is 0 Å². The Morgan fingerprint density at radius 2 is 2.12 bits per heavy atom. The van der Waals surface area contributed by atoms with Crippen LogP contribution in [0.25, 0.3) is 0 Å². The van der Waals surface area contributed by atoms with Gasteiger partial charge in [0.25, 0.3) is 0 Å². The lowest BCUT2D eigenvalue weighted by atomic mass is 9.97. The van der Waals surface area contributed by atoms with E-state index >= 15 is 0 Å². The van der Waals surface area contributed by atoms with E-state index in [-0.39, 0.29) is 5.92 Å². The summed E-state index contributed by atoms with van der Waals surface area (Å²) in [5.74, 6) is 1.79. The van der Waals surface area contributed by atoms with Crippen molar-refractivity contribution in [3.8, 4) is 11.5 Å². The van der Waals surface area contributed by atoms with Crippen LogP contribution in [0.15, 0.2) is 12.1 Å². The lowest BCUT2D eigenvalue weighted by Gasteiger charge is -2.15. The van der Waals surface area contributed by atoms with Crippen molar-refractivity contribution < 1.29 is 14.6 Å². The highest BCUT2D eigenvalue weighted by atomic mass is 16.5. The molecule has 0 saturated carbocycles. The first kappa shape index (κ1) is 12.2. The Morgan fingerprint density at radius 3 is 2.71 bits per heavy atom. The van der Waals surface area contributed by atoms with Gasteiger partial charge in [0.15, 0.2) is 0 Å². The zero-order chi connectivity index (χ0) is 12.4. The molecule has 1 aliphatic rings. The van der Waals surface area contributed by atoms with Gasteiger partial charge in [-0.15, -0.1) is 0 Å². The van der Waals surface area contributed by atoms with E-state index in [1.165, 1.54) is 0 Å². The summed E-state index contributed by atoms with van der Waals surface area (Å²) in [6, 6.07) is 3.75. The largest absolute Gasteiger partial charge is 0.497 e. The molecule has 0 aliphatic heterocycles. The van der Waals surface area contributed by atoms with Crippen LogP contribution in [0.4, 0.5) is 0 Å². The molecule has 4 heteroatoms. The van der Waals surface area contributed by atoms with Crippen molar-refractivity contribution in [2.45, 2.75) is 24.9 Å². The lowest BCUT2D eigenvalue weighted by Crippen LogP contribution is -2.06. The molecule has 17 heavy (non-hydrogen) atoms. The molecule has 1 aromatic carbocycles. The lowest BCUT2D eigenvalue weighted by molar-refractivity contribution is 0.172. The molecule has 0 fully saturated rings. The van der Waals surface area contributed by atoms with Crippen LogP contribution in [0.3, 0.4) is 0 Å². The normalized spacial score (nSPS) is 22.4. The summed E-state index contributed by atoms with van der Waals surface area (Å²) in [6.45, 7) is 0.617. The second-order valence-corrected chi connectivity index (χ2v) is 4.36. The van der Waals surface area contributed by atoms with Gasteiger partial charge in [0.2, 0.25) is 0 Å². The number of benzene rings is 1. The summed E-state index contributed by atoms with van der Waals surface area (Å²) in [6.07, 6.45) is 1.15. The monoisotopic (exact) mass is 237 g/mol. The Bertz CT molecular complexity index is 406. The third-order valence-corrected chi connectivity index (χ3v) is 3.39. The number of aliphatic hydroxyl groups excluding tert-OH is 1. The van der Waals surface area contributed by atoms with Crippen LogP contribution in [-0.2, 0) is 0 Å². The van der Waals surface area contributed by atoms with Crippen LogP contribution in [0.1, 0.15) is 36.0 Å². The fourth-order valence-corrected chi connectivity index (χ4v) is 2.60. The van der Waals surface area contributed by atoms with Crippen LogP contribution < -0.4 is 15.2 Å². The molecular formula is C13H19NO3. The van der Waals surface area contributed by atoms with Gasteiger partial charge in [-0.25, -0.2) is 0 Å². The van der Waals surface area contributed by atoms with Gasteiger partial charge in [-0.2, -0.15) is 0 Å². The van der Waals surface area contributed by atoms with E-state index in [4.69, 9.17) is 15.2 Å². The van der Waals surface area contributed by atoms with Crippen molar-refractivity contribution in [3.05, 3.63) is 23.3 Å². The molecule has 1 aromatic rings. The van der Waals surface area contributed by atoms with Crippen molar-refractivity contribution in [1.82, 2.24) is 0 Å². The molecule has 0 heterocycles. The van der Waals surface area contributed by atoms with E-state index in [0.717, 1.165) is 29.7 Å². The van der Waals surface area contributed by atoms with Crippen molar-refractivity contribution in [3.63, 3.8) is 0 Å². The molecule has 0 bridgehead atoms. The maximum absolute atomic E-state index is 10.1. The molecule has 2 atom stereocenters. The summed E-state index contributed by atoms with van der Waals surface area (Å²) in [5, 5.41) is 10.1. The Labute approximate surface area is 101 Å². The van der Waals surface area contributed by atoms with Gasteiger partial charge in [-0.1, -0.05) is 0 Å². The molecule has 3 N–H and O–H groups in total. The summed E-state index contributed by atoms with van der Waals surface area (Å²) < 4.78 is 10.6. The van der Waals surface area contributed by atoms with E-state index in [0.29, 0.717) is 12.3 Å². The first-order chi connectivity index (χ1) is 8.21. The maximum Gasteiger partial charge on any atom is 0.126 e. The number of hydrogen-bond acceptors (Lipinski definition) is 4. The van der Waals surface area contributed by atoms with Crippen LogP contribution in [-0.4, -0.2) is 25.9 Å². The van der Waals surface area contributed by atoms with Crippen LogP contribution >= 0.6 is 0 Å². The number of rotatable bonds is 4. The molecule has 0 saturated heterocycles. The van der Waals surface area contributed by atoms with Gasteiger partial charge < -0.3 is 20.3 Å². The zero-order valence-electron chi connectivity index (χ0n) is 10.3. The number of hydrogen-bond donors (Lipinski definition) is 2. The molecule has 1 aliphatic carbocycles. The average molecular weight is 237 g/mol. The molecule has 94 valence electrons. The van der Waals surface area contributed by atoms with Gasteiger partial charge in [-0.3, -0.25) is 0 Å². The van der Waals surface area contributed by atoms with Crippen LogP contribution in [0.2, 0.25) is 0 Å². The molecule has 0 aromatic heterocycles. The van der Waals surface area contributed by atoms with Crippen LogP contribution in [0, 0.1) is 0 Å². The highest BCUT2D eigenvalue weighted by molar-refractivity contribution is 5.52. The predicted molar refractivity (Wildman–Crippen MR) is 65.5 cm³/mol. The Hall–Kier alpha value is -1.26. The predicted octanol–water partition coefficient (Wildman–Crippen LogP) is 1.57. The van der Waals surface area contributed by atoms with E-state index in [2.05, 4.69) is 0 Å². The highest BCUT2D eigenvalue weighted by Gasteiger charge is 2.32. The summed E-state index contributed by atoms with van der Waals surface area (Å²) in [5.41, 5.74) is 7.62. The SMILES string of the molecule is COc1cc(OC)c2c(c1)C(O)CC2CCN. The number of methoxy groups -OCH3 is 2. The Kier molecular flexibility index (Phi) is 3.54. The van der Waals surface area contributed by atoms with Gasteiger partial charge >= 0.3 is 0 Å². The number of ether oxygens (including phenoxy) is 2. The Morgan fingerprint density at radius 1 is 1.35 bits per heavy atom. The number of aliphatic hydroxyl groups is 1. The first-order valence-electron chi connectivity index (χ1n) is 5.85. The minimum Gasteiger partial charge on any atom is -0.497 e. The third kappa shape index (κ3) is 2.10. The summed E-state index contributed by atoms with van der Waals surface area (Å²) in [4.78, 5) is 0. The van der Waals surface area contributed by atoms with Gasteiger partial charge in [0.05, 0.1) is 20.3 Å². The fraction of sp³-hybridized carbons (Fsp3) is 0.538. The van der Waals surface area contributed by atoms with Gasteiger partial charge in [0, 0.05) is 11.6 Å². The zero-order valence-corrected chi connectivity index (χ0v) is 10.3. The standard InChI is InChI=1S/C13H19NO3/c1-16-9-6-10-11(15)5-8(3-4-14)13(10)12(7-9)17-2/h6-8,11,15H,3-5,14H2,1-2H3. The fourth-order valence-electron chi connectivity index (χ4n) is 2.60. The van der Waals surface area contributed by atoms with Gasteiger partial charge in [-0.05, 0) is 36.9 Å². The minimum atomic E-state index is -0.439. The minimum absolute atomic E-state index is 0.283. The number of fused-ring (bicyclic) bond motifs is 1. The smallest absolute Gasteiger partial charge is 0.126 e. The van der Waals surface area contributed by atoms with Crippen LogP contribution in [0.5, 0.6) is 11.5 Å². The van der Waals surface area contributed by atoms with E-state index < -0.39 is 6.10 Å². The Balaban J connectivity index is 2.47. The molecule has 2 unspecified atom stereocenters. The maximum atomic E-state index is 10.1. The first-order valence-corrected chi connectivity index (χ1v) is 5.85. The molecule has 2 rings (SSSR count). The van der Waals surface area contributed by atoms with E-state index in [9.17, 15) is 5.11 Å². The second-order valence-electron chi connectivity index (χ2n) is 4.36.